The van der Waals surface area contributed by atoms with Gasteiger partial charge in [-0.2, -0.15) is 0 Å². The van der Waals surface area contributed by atoms with E-state index in [-0.39, 0.29) is 23.5 Å². The number of carboxylic acids is 1. The number of rotatable bonds is 8. The molecule has 0 spiro atoms. The van der Waals surface area contributed by atoms with Crippen molar-refractivity contribution in [1.82, 2.24) is 0 Å². The quantitative estimate of drug-likeness (QED) is 0.483. The molecule has 1 aliphatic heterocycles. The lowest BCUT2D eigenvalue weighted by atomic mass is 9.67. The van der Waals surface area contributed by atoms with Gasteiger partial charge in [0.05, 0.1) is 23.7 Å². The topological polar surface area (TPSA) is 66.8 Å². The lowest BCUT2D eigenvalue weighted by Crippen LogP contribution is -2.53. The molecule has 0 aromatic carbocycles. The molecule has 1 aliphatic carbocycles. The van der Waals surface area contributed by atoms with Crippen molar-refractivity contribution in [2.24, 2.45) is 17.8 Å². The van der Waals surface area contributed by atoms with E-state index in [4.69, 9.17) is 4.74 Å². The first-order chi connectivity index (χ1) is 12.3. The molecule has 26 heavy (non-hydrogen) atoms. The summed E-state index contributed by atoms with van der Waals surface area (Å²) in [5.74, 6) is -1.78. The highest BCUT2D eigenvalue weighted by molar-refractivity contribution is 5.71. The predicted molar refractivity (Wildman–Crippen MR) is 104 cm³/mol. The maximum absolute atomic E-state index is 11.8. The smallest absolute Gasteiger partial charge is 0.309 e. The van der Waals surface area contributed by atoms with E-state index in [0.29, 0.717) is 0 Å². The Hall–Kier alpha value is -1.13. The van der Waals surface area contributed by atoms with Crippen LogP contribution in [0.25, 0.3) is 0 Å². The van der Waals surface area contributed by atoms with Gasteiger partial charge in [-0.1, -0.05) is 50.0 Å². The van der Waals surface area contributed by atoms with Crippen LogP contribution < -0.4 is 0 Å². The Balaban J connectivity index is 2.11. The Morgan fingerprint density at radius 2 is 2.08 bits per heavy atom. The molecular formula is C22H36O4. The SMILES string of the molecule is CCCCCC1CC2OC(C)(CCC=C(C)C)C=CC2C(O)C1C(=O)O. The molecule has 148 valence electrons. The van der Waals surface area contributed by atoms with E-state index in [2.05, 4.69) is 33.8 Å². The Labute approximate surface area is 158 Å². The average molecular weight is 365 g/mol. The van der Waals surface area contributed by atoms with E-state index < -0.39 is 18.0 Å². The summed E-state index contributed by atoms with van der Waals surface area (Å²) in [7, 11) is 0. The first kappa shape index (κ1) is 21.2. The van der Waals surface area contributed by atoms with Crippen molar-refractivity contribution in [3.8, 4) is 0 Å². The Morgan fingerprint density at radius 3 is 2.69 bits per heavy atom. The van der Waals surface area contributed by atoms with Crippen LogP contribution >= 0.6 is 0 Å². The number of allylic oxidation sites excluding steroid dienone is 2. The number of hydrogen-bond acceptors (Lipinski definition) is 3. The lowest BCUT2D eigenvalue weighted by Gasteiger charge is -2.47. The normalized spacial score (nSPS) is 36.4. The predicted octanol–water partition coefficient (Wildman–Crippen LogP) is 4.72. The molecule has 2 N–H and O–H groups in total. The van der Waals surface area contributed by atoms with Crippen LogP contribution in [0.4, 0.5) is 0 Å². The van der Waals surface area contributed by atoms with Gasteiger partial charge in [-0.3, -0.25) is 4.79 Å². The van der Waals surface area contributed by atoms with Gasteiger partial charge in [0.15, 0.2) is 0 Å². The number of unbranched alkanes of at least 4 members (excludes halogenated alkanes) is 2. The molecular weight excluding hydrogens is 328 g/mol. The van der Waals surface area contributed by atoms with Crippen molar-refractivity contribution < 1.29 is 19.7 Å². The summed E-state index contributed by atoms with van der Waals surface area (Å²) in [6.07, 6.45) is 12.0. The highest BCUT2D eigenvalue weighted by Crippen LogP contribution is 2.44. The number of ether oxygens (including phenoxy) is 1. The molecule has 0 aromatic heterocycles. The van der Waals surface area contributed by atoms with E-state index in [1.807, 2.05) is 12.2 Å². The number of hydrogen-bond donors (Lipinski definition) is 2. The van der Waals surface area contributed by atoms with Crippen LogP contribution in [0.2, 0.25) is 0 Å². The molecule has 0 radical (unpaired) electrons. The van der Waals surface area contributed by atoms with E-state index in [9.17, 15) is 15.0 Å². The highest BCUT2D eigenvalue weighted by atomic mass is 16.5. The Kier molecular flexibility index (Phi) is 7.48. The minimum absolute atomic E-state index is 0.0103. The highest BCUT2D eigenvalue weighted by Gasteiger charge is 2.49. The van der Waals surface area contributed by atoms with Crippen molar-refractivity contribution in [3.05, 3.63) is 23.8 Å². The molecule has 6 atom stereocenters. The summed E-state index contributed by atoms with van der Waals surface area (Å²) in [5, 5.41) is 20.4. The molecule has 0 aromatic rings. The van der Waals surface area contributed by atoms with Crippen LogP contribution in [0.15, 0.2) is 23.8 Å². The maximum atomic E-state index is 11.8. The second-order valence-electron chi connectivity index (χ2n) is 8.57. The third-order valence-electron chi connectivity index (χ3n) is 5.98. The van der Waals surface area contributed by atoms with Crippen molar-refractivity contribution in [1.29, 1.82) is 0 Å². The fraction of sp³-hybridized carbons (Fsp3) is 0.773. The number of aliphatic hydroxyl groups excluding tert-OH is 1. The molecule has 0 bridgehead atoms. The van der Waals surface area contributed by atoms with Crippen molar-refractivity contribution >= 4 is 5.97 Å². The van der Waals surface area contributed by atoms with Gasteiger partial charge in [0.2, 0.25) is 0 Å². The molecule has 0 amide bonds. The van der Waals surface area contributed by atoms with Crippen LogP contribution in [0.3, 0.4) is 0 Å². The summed E-state index contributed by atoms with van der Waals surface area (Å²) in [6, 6.07) is 0. The number of carbonyl (C=O) groups is 1. The van der Waals surface area contributed by atoms with Gasteiger partial charge >= 0.3 is 5.97 Å². The second-order valence-corrected chi connectivity index (χ2v) is 8.57. The van der Waals surface area contributed by atoms with E-state index in [1.54, 1.807) is 0 Å². The average Bonchev–Trinajstić information content (AvgIpc) is 2.54. The molecule has 2 aliphatic rings. The first-order valence-electron chi connectivity index (χ1n) is 10.2. The van der Waals surface area contributed by atoms with Gasteiger partial charge in [0, 0.05) is 5.92 Å². The van der Waals surface area contributed by atoms with Crippen molar-refractivity contribution in [2.75, 3.05) is 0 Å². The monoisotopic (exact) mass is 364 g/mol. The summed E-state index contributed by atoms with van der Waals surface area (Å²) in [6.45, 7) is 8.44. The van der Waals surface area contributed by atoms with Crippen LogP contribution in [0.5, 0.6) is 0 Å². The van der Waals surface area contributed by atoms with Crippen LogP contribution in [0.1, 0.15) is 72.6 Å². The lowest BCUT2D eigenvalue weighted by molar-refractivity contribution is -0.173. The number of carboxylic acid groups (broad SMARTS) is 1. The van der Waals surface area contributed by atoms with Crippen LogP contribution in [0, 0.1) is 17.8 Å². The van der Waals surface area contributed by atoms with Crippen molar-refractivity contribution in [3.63, 3.8) is 0 Å². The zero-order valence-electron chi connectivity index (χ0n) is 16.8. The van der Waals surface area contributed by atoms with Crippen LogP contribution in [-0.2, 0) is 9.53 Å². The molecule has 1 saturated carbocycles. The second kappa shape index (κ2) is 9.18. The molecule has 6 unspecified atom stereocenters. The standard InChI is InChI=1S/C22H36O4/c1-5-6-7-10-16-14-18-17(20(23)19(16)21(24)25)11-13-22(4,26-18)12-8-9-15(2)3/h9,11,13,16-20,23H,5-8,10,12,14H2,1-4H3,(H,24,25). The Bertz CT molecular complexity index is 534. The third-order valence-corrected chi connectivity index (χ3v) is 5.98. The van der Waals surface area contributed by atoms with Crippen LogP contribution in [-0.4, -0.2) is 34.0 Å². The van der Waals surface area contributed by atoms with Gasteiger partial charge < -0.3 is 14.9 Å². The third kappa shape index (κ3) is 5.20. The molecule has 4 nitrogen and oxygen atoms in total. The number of fused-ring (bicyclic) bond motifs is 1. The first-order valence-corrected chi connectivity index (χ1v) is 10.2. The summed E-state index contributed by atoms with van der Waals surface area (Å²) >= 11 is 0. The maximum Gasteiger partial charge on any atom is 0.309 e. The van der Waals surface area contributed by atoms with E-state index in [1.165, 1.54) is 5.57 Å². The molecule has 1 fully saturated rings. The number of aliphatic carboxylic acids is 1. The van der Waals surface area contributed by atoms with Gasteiger partial charge in [-0.15, -0.1) is 0 Å². The molecule has 2 rings (SSSR count). The summed E-state index contributed by atoms with van der Waals surface area (Å²) < 4.78 is 6.43. The Morgan fingerprint density at radius 1 is 1.35 bits per heavy atom. The van der Waals surface area contributed by atoms with Gasteiger partial charge in [-0.25, -0.2) is 0 Å². The van der Waals surface area contributed by atoms with Gasteiger partial charge in [-0.05, 0) is 52.4 Å². The van der Waals surface area contributed by atoms with Gasteiger partial charge in [0.1, 0.15) is 0 Å². The zero-order valence-corrected chi connectivity index (χ0v) is 16.8. The molecule has 1 heterocycles. The van der Waals surface area contributed by atoms with E-state index >= 15 is 0 Å². The fourth-order valence-electron chi connectivity index (χ4n) is 4.50. The largest absolute Gasteiger partial charge is 0.481 e. The summed E-state index contributed by atoms with van der Waals surface area (Å²) in [4.78, 5) is 11.8. The zero-order chi connectivity index (χ0) is 19.3. The molecule has 4 heteroatoms. The van der Waals surface area contributed by atoms with E-state index in [0.717, 1.165) is 44.9 Å². The number of aliphatic hydroxyl groups is 1. The minimum atomic E-state index is -0.872. The molecule has 0 saturated heterocycles. The minimum Gasteiger partial charge on any atom is -0.481 e. The van der Waals surface area contributed by atoms with Crippen molar-refractivity contribution in [2.45, 2.75) is 90.4 Å². The van der Waals surface area contributed by atoms with Gasteiger partial charge in [0.25, 0.3) is 0 Å². The fourth-order valence-corrected chi connectivity index (χ4v) is 4.50. The summed E-state index contributed by atoms with van der Waals surface area (Å²) in [5.41, 5.74) is 0.969.